The molecule has 96 valence electrons. The highest BCUT2D eigenvalue weighted by atomic mass is 16.6. The summed E-state index contributed by atoms with van der Waals surface area (Å²) in [6.45, 7) is 0.537. The van der Waals surface area contributed by atoms with Crippen LogP contribution in [-0.4, -0.2) is 41.6 Å². The van der Waals surface area contributed by atoms with Crippen LogP contribution in [0.5, 0.6) is 0 Å². The quantitative estimate of drug-likeness (QED) is 0.871. The van der Waals surface area contributed by atoms with Gasteiger partial charge in [-0.05, 0) is 18.6 Å². The highest BCUT2D eigenvalue weighted by molar-refractivity contribution is 5.89. The van der Waals surface area contributed by atoms with E-state index < -0.39 is 0 Å². The minimum absolute atomic E-state index is 0.126. The molecule has 1 atom stereocenters. The number of carbonyl (C=O) groups is 2. The zero-order chi connectivity index (χ0) is 13.0. The van der Waals surface area contributed by atoms with E-state index in [4.69, 9.17) is 4.74 Å². The van der Waals surface area contributed by atoms with E-state index in [1.165, 1.54) is 4.90 Å². The number of carbonyl (C=O) groups excluding carboxylic acids is 2. The zero-order valence-corrected chi connectivity index (χ0v) is 10.1. The molecule has 6 nitrogen and oxygen atoms in total. The minimum atomic E-state index is -0.329. The number of pyridine rings is 1. The van der Waals surface area contributed by atoms with Gasteiger partial charge in [-0.25, -0.2) is 9.78 Å². The van der Waals surface area contributed by atoms with E-state index in [9.17, 15) is 9.59 Å². The Labute approximate surface area is 105 Å². The van der Waals surface area contributed by atoms with Gasteiger partial charge >= 0.3 is 6.09 Å². The van der Waals surface area contributed by atoms with Crippen LogP contribution >= 0.6 is 0 Å². The van der Waals surface area contributed by atoms with Gasteiger partial charge in [0.2, 0.25) is 5.91 Å². The first-order chi connectivity index (χ1) is 8.65. The molecule has 2 amide bonds. The first-order valence-electron chi connectivity index (χ1n) is 5.78. The molecule has 0 spiro atoms. The van der Waals surface area contributed by atoms with Gasteiger partial charge in [0, 0.05) is 19.7 Å². The average molecular weight is 249 g/mol. The summed E-state index contributed by atoms with van der Waals surface area (Å²) < 4.78 is 5.07. The Morgan fingerprint density at radius 3 is 3.06 bits per heavy atom. The number of anilines is 1. The van der Waals surface area contributed by atoms with E-state index in [-0.39, 0.29) is 18.1 Å². The van der Waals surface area contributed by atoms with Gasteiger partial charge in [0.25, 0.3) is 0 Å². The molecule has 1 N–H and O–H groups in total. The summed E-state index contributed by atoms with van der Waals surface area (Å²) in [6, 6.07) is 5.31. The third-order valence-corrected chi connectivity index (χ3v) is 2.68. The highest BCUT2D eigenvalue weighted by Crippen LogP contribution is 2.14. The Hall–Kier alpha value is -2.11. The fraction of sp³-hybridized carbons (Fsp3) is 0.417. The lowest BCUT2D eigenvalue weighted by Crippen LogP contribution is -2.20. The second-order valence-electron chi connectivity index (χ2n) is 4.19. The van der Waals surface area contributed by atoms with Crippen LogP contribution in [0.25, 0.3) is 0 Å². The maximum absolute atomic E-state index is 11.6. The Morgan fingerprint density at radius 2 is 2.44 bits per heavy atom. The van der Waals surface area contributed by atoms with Crippen LogP contribution in [-0.2, 0) is 9.53 Å². The number of nitrogens with one attached hydrogen (secondary N) is 1. The second kappa shape index (κ2) is 5.48. The largest absolute Gasteiger partial charge is 0.444 e. The molecule has 0 bridgehead atoms. The van der Waals surface area contributed by atoms with E-state index in [2.05, 4.69) is 10.3 Å². The number of likely N-dealkylation sites (N-methyl/N-ethyl adjacent to an activating group) is 1. The predicted octanol–water partition coefficient (Wildman–Crippen LogP) is 1.25. The first kappa shape index (κ1) is 12.3. The van der Waals surface area contributed by atoms with Crippen LogP contribution in [0.4, 0.5) is 10.6 Å². The van der Waals surface area contributed by atoms with Crippen molar-refractivity contribution in [1.29, 1.82) is 0 Å². The molecule has 6 heteroatoms. The van der Waals surface area contributed by atoms with Gasteiger partial charge in [-0.3, -0.25) is 4.79 Å². The van der Waals surface area contributed by atoms with Crippen molar-refractivity contribution >= 4 is 17.8 Å². The Kier molecular flexibility index (Phi) is 3.76. The topological polar surface area (TPSA) is 71.5 Å². The molecule has 1 aliphatic heterocycles. The number of cyclic esters (lactones) is 1. The van der Waals surface area contributed by atoms with Crippen molar-refractivity contribution in [1.82, 2.24) is 9.88 Å². The molecule has 1 fully saturated rings. The van der Waals surface area contributed by atoms with Crippen molar-refractivity contribution in [2.75, 3.05) is 18.9 Å². The average Bonchev–Trinajstić information content (AvgIpc) is 2.68. The molecule has 1 saturated heterocycles. The number of ether oxygens (including phenoxy) is 1. The molecular weight excluding hydrogens is 234 g/mol. The summed E-state index contributed by atoms with van der Waals surface area (Å²) in [5.41, 5.74) is 0. The zero-order valence-electron chi connectivity index (χ0n) is 10.1. The summed E-state index contributed by atoms with van der Waals surface area (Å²) in [7, 11) is 1.68. The van der Waals surface area contributed by atoms with E-state index in [1.54, 1.807) is 31.4 Å². The van der Waals surface area contributed by atoms with E-state index in [1.807, 2.05) is 0 Å². The predicted molar refractivity (Wildman–Crippen MR) is 65.0 cm³/mol. The lowest BCUT2D eigenvalue weighted by Gasteiger charge is -2.07. The summed E-state index contributed by atoms with van der Waals surface area (Å²) in [6.07, 6.45) is 1.92. The standard InChI is InChI=1S/C12H15N3O3/c1-15-8-9(18-12(15)17)5-6-11(16)14-10-4-2-3-7-13-10/h2-4,7,9H,5-6,8H2,1H3,(H,13,14,16). The molecule has 1 aromatic rings. The van der Waals surface area contributed by atoms with Crippen molar-refractivity contribution < 1.29 is 14.3 Å². The maximum atomic E-state index is 11.6. The molecule has 0 saturated carbocycles. The van der Waals surface area contributed by atoms with Gasteiger partial charge in [0.05, 0.1) is 6.54 Å². The maximum Gasteiger partial charge on any atom is 0.409 e. The van der Waals surface area contributed by atoms with Crippen molar-refractivity contribution in [2.45, 2.75) is 18.9 Å². The third kappa shape index (κ3) is 3.19. The minimum Gasteiger partial charge on any atom is -0.444 e. The molecule has 2 rings (SSSR count). The van der Waals surface area contributed by atoms with Crippen LogP contribution in [0.2, 0.25) is 0 Å². The molecule has 0 aromatic carbocycles. The van der Waals surface area contributed by atoms with Gasteiger partial charge in [-0.2, -0.15) is 0 Å². The van der Waals surface area contributed by atoms with Gasteiger partial charge in [-0.15, -0.1) is 0 Å². The van der Waals surface area contributed by atoms with Crippen molar-refractivity contribution in [3.8, 4) is 0 Å². The van der Waals surface area contributed by atoms with Crippen LogP contribution < -0.4 is 5.32 Å². The molecule has 18 heavy (non-hydrogen) atoms. The van der Waals surface area contributed by atoms with Crippen molar-refractivity contribution in [3.63, 3.8) is 0 Å². The number of rotatable bonds is 4. The summed E-state index contributed by atoms with van der Waals surface area (Å²) in [5.74, 6) is 0.405. The molecule has 1 aromatic heterocycles. The highest BCUT2D eigenvalue weighted by Gasteiger charge is 2.28. The number of hydrogen-bond acceptors (Lipinski definition) is 4. The molecular formula is C12H15N3O3. The number of aromatic nitrogens is 1. The van der Waals surface area contributed by atoms with Gasteiger partial charge < -0.3 is 15.0 Å². The van der Waals surface area contributed by atoms with E-state index in [0.717, 1.165) is 0 Å². The molecule has 0 radical (unpaired) electrons. The normalized spacial score (nSPS) is 18.6. The third-order valence-electron chi connectivity index (χ3n) is 2.68. The number of amides is 2. The van der Waals surface area contributed by atoms with Crippen LogP contribution in [0.15, 0.2) is 24.4 Å². The molecule has 1 unspecified atom stereocenters. The molecule has 0 aliphatic carbocycles. The summed E-state index contributed by atoms with van der Waals surface area (Å²) in [5, 5.41) is 2.68. The number of nitrogens with zero attached hydrogens (tertiary/aromatic N) is 2. The van der Waals surface area contributed by atoms with Crippen LogP contribution in [0.1, 0.15) is 12.8 Å². The van der Waals surface area contributed by atoms with Crippen molar-refractivity contribution in [2.24, 2.45) is 0 Å². The monoisotopic (exact) mass is 249 g/mol. The lowest BCUT2D eigenvalue weighted by molar-refractivity contribution is -0.116. The van der Waals surface area contributed by atoms with Crippen LogP contribution in [0.3, 0.4) is 0 Å². The van der Waals surface area contributed by atoms with E-state index >= 15 is 0 Å². The van der Waals surface area contributed by atoms with Gasteiger partial charge in [0.15, 0.2) is 0 Å². The number of hydrogen-bond donors (Lipinski definition) is 1. The Bertz CT molecular complexity index is 435. The smallest absolute Gasteiger partial charge is 0.409 e. The fourth-order valence-corrected chi connectivity index (χ4v) is 1.73. The van der Waals surface area contributed by atoms with Gasteiger partial charge in [-0.1, -0.05) is 6.07 Å². The first-order valence-corrected chi connectivity index (χ1v) is 5.78. The SMILES string of the molecule is CN1CC(CCC(=O)Nc2ccccn2)OC1=O. The van der Waals surface area contributed by atoms with E-state index in [0.29, 0.717) is 25.2 Å². The van der Waals surface area contributed by atoms with Crippen molar-refractivity contribution in [3.05, 3.63) is 24.4 Å². The molecule has 2 heterocycles. The fourth-order valence-electron chi connectivity index (χ4n) is 1.73. The van der Waals surface area contributed by atoms with Crippen LogP contribution in [0, 0.1) is 0 Å². The Morgan fingerprint density at radius 1 is 1.61 bits per heavy atom. The summed E-state index contributed by atoms with van der Waals surface area (Å²) >= 11 is 0. The van der Waals surface area contributed by atoms with Gasteiger partial charge in [0.1, 0.15) is 11.9 Å². The Balaban J connectivity index is 1.74. The summed E-state index contributed by atoms with van der Waals surface area (Å²) in [4.78, 5) is 28.2. The molecule has 1 aliphatic rings. The lowest BCUT2D eigenvalue weighted by atomic mass is 10.2. The second-order valence-corrected chi connectivity index (χ2v) is 4.19.